The highest BCUT2D eigenvalue weighted by Gasteiger charge is 2.10. The van der Waals surface area contributed by atoms with Crippen LogP contribution >= 0.6 is 0 Å². The number of nitrogens with zero attached hydrogens (tertiary/aromatic N) is 2. The molecule has 0 saturated carbocycles. The minimum atomic E-state index is -0.0252. The number of nitrogens with one attached hydrogen (secondary N) is 3. The van der Waals surface area contributed by atoms with E-state index in [1.807, 2.05) is 0 Å². The maximum Gasteiger partial charge on any atom is 0.221 e. The van der Waals surface area contributed by atoms with E-state index >= 15 is 0 Å². The average molecular weight is 296 g/mol. The molecule has 1 aromatic rings. The predicted octanol–water partition coefficient (Wildman–Crippen LogP) is 0.279. The van der Waals surface area contributed by atoms with Gasteiger partial charge in [-0.25, -0.2) is 15.8 Å². The lowest BCUT2D eigenvalue weighted by molar-refractivity contribution is -0.121. The molecule has 1 amide bonds. The molecule has 1 heterocycles. The topological polar surface area (TPSA) is 114 Å². The number of nitrogens with two attached hydrogens (primary N) is 1. The van der Waals surface area contributed by atoms with Crippen LogP contribution in [-0.4, -0.2) is 42.7 Å². The Bertz CT molecular complexity index is 441. The van der Waals surface area contributed by atoms with Crippen LogP contribution in [-0.2, 0) is 16.0 Å². The molecule has 0 aliphatic heterocycles. The Morgan fingerprint density at radius 1 is 1.33 bits per heavy atom. The van der Waals surface area contributed by atoms with E-state index in [9.17, 15) is 4.79 Å². The summed E-state index contributed by atoms with van der Waals surface area (Å²) in [6, 6.07) is 0. The third-order valence-electron chi connectivity index (χ3n) is 2.85. The van der Waals surface area contributed by atoms with E-state index in [0.717, 1.165) is 18.4 Å². The molecule has 0 radical (unpaired) electrons. The van der Waals surface area contributed by atoms with Crippen molar-refractivity contribution < 1.29 is 9.53 Å². The first-order valence-electron chi connectivity index (χ1n) is 7.02. The van der Waals surface area contributed by atoms with Crippen LogP contribution < -0.4 is 21.9 Å². The van der Waals surface area contributed by atoms with Gasteiger partial charge in [-0.2, -0.15) is 0 Å². The van der Waals surface area contributed by atoms with Crippen molar-refractivity contribution in [2.45, 2.75) is 26.2 Å². The zero-order valence-corrected chi connectivity index (χ0v) is 12.6. The van der Waals surface area contributed by atoms with Crippen molar-refractivity contribution in [2.75, 3.05) is 37.5 Å². The standard InChI is InChI=1S/C13H24N6O2/c1-3-4-10-12(17-9-18-13(10)19-14)16-6-5-11(20)15-7-8-21-2/h9H,3-8,14H2,1-2H3,(H,15,20)(H2,16,17,18,19). The Labute approximate surface area is 124 Å². The lowest BCUT2D eigenvalue weighted by atomic mass is 10.1. The van der Waals surface area contributed by atoms with Gasteiger partial charge in [-0.1, -0.05) is 13.3 Å². The normalized spacial score (nSPS) is 10.2. The number of rotatable bonds is 10. The van der Waals surface area contributed by atoms with Gasteiger partial charge >= 0.3 is 0 Å². The van der Waals surface area contributed by atoms with Crippen molar-refractivity contribution in [2.24, 2.45) is 5.84 Å². The molecular formula is C13H24N6O2. The molecule has 0 atom stereocenters. The number of carbonyl (C=O) groups excluding carboxylic acids is 1. The van der Waals surface area contributed by atoms with Gasteiger partial charge in [-0.15, -0.1) is 0 Å². The summed E-state index contributed by atoms with van der Waals surface area (Å²) in [6.45, 7) is 3.60. The van der Waals surface area contributed by atoms with Gasteiger partial charge in [0.25, 0.3) is 0 Å². The van der Waals surface area contributed by atoms with Gasteiger partial charge < -0.3 is 20.8 Å². The van der Waals surface area contributed by atoms with Crippen LogP contribution in [0.5, 0.6) is 0 Å². The zero-order valence-electron chi connectivity index (χ0n) is 12.6. The molecule has 0 aliphatic carbocycles. The third kappa shape index (κ3) is 5.92. The molecule has 21 heavy (non-hydrogen) atoms. The van der Waals surface area contributed by atoms with Crippen molar-refractivity contribution in [3.63, 3.8) is 0 Å². The van der Waals surface area contributed by atoms with Crippen molar-refractivity contribution in [1.82, 2.24) is 15.3 Å². The highest BCUT2D eigenvalue weighted by Crippen LogP contribution is 2.20. The SMILES string of the molecule is CCCc1c(NN)ncnc1NCCC(=O)NCCOC. The molecule has 0 aliphatic rings. The second-order valence-electron chi connectivity index (χ2n) is 4.46. The molecule has 1 rings (SSSR count). The summed E-state index contributed by atoms with van der Waals surface area (Å²) in [4.78, 5) is 19.9. The van der Waals surface area contributed by atoms with Gasteiger partial charge in [0.15, 0.2) is 0 Å². The van der Waals surface area contributed by atoms with Crippen LogP contribution in [0.1, 0.15) is 25.3 Å². The lowest BCUT2D eigenvalue weighted by Gasteiger charge is -2.13. The molecule has 0 spiro atoms. The Morgan fingerprint density at radius 2 is 2.10 bits per heavy atom. The average Bonchev–Trinajstić information content (AvgIpc) is 2.49. The summed E-state index contributed by atoms with van der Waals surface area (Å²) in [6.07, 6.45) is 3.57. The van der Waals surface area contributed by atoms with Crippen LogP contribution in [0.2, 0.25) is 0 Å². The molecule has 8 heteroatoms. The molecule has 5 N–H and O–H groups in total. The highest BCUT2D eigenvalue weighted by molar-refractivity contribution is 5.76. The smallest absolute Gasteiger partial charge is 0.221 e. The van der Waals surface area contributed by atoms with Gasteiger partial charge in [0.2, 0.25) is 5.91 Å². The quantitative estimate of drug-likeness (QED) is 0.278. The Kier molecular flexibility index (Phi) is 8.07. The third-order valence-corrected chi connectivity index (χ3v) is 2.85. The molecule has 0 fully saturated rings. The summed E-state index contributed by atoms with van der Waals surface area (Å²) >= 11 is 0. The first-order chi connectivity index (χ1) is 10.2. The number of carbonyl (C=O) groups is 1. The monoisotopic (exact) mass is 296 g/mol. The van der Waals surface area contributed by atoms with Crippen LogP contribution in [0.25, 0.3) is 0 Å². The Morgan fingerprint density at radius 3 is 2.76 bits per heavy atom. The number of ether oxygens (including phenoxy) is 1. The summed E-state index contributed by atoms with van der Waals surface area (Å²) in [5, 5.41) is 5.92. The fraction of sp³-hybridized carbons (Fsp3) is 0.615. The molecule has 0 unspecified atom stereocenters. The van der Waals surface area contributed by atoms with Crippen LogP contribution in [0.15, 0.2) is 6.33 Å². The number of hydrogen-bond donors (Lipinski definition) is 4. The van der Waals surface area contributed by atoms with E-state index in [0.29, 0.717) is 37.8 Å². The fourth-order valence-electron chi connectivity index (χ4n) is 1.85. The molecule has 8 nitrogen and oxygen atoms in total. The van der Waals surface area contributed by atoms with Gasteiger partial charge in [0.05, 0.1) is 6.61 Å². The Balaban J connectivity index is 2.49. The summed E-state index contributed by atoms with van der Waals surface area (Å²) in [7, 11) is 1.60. The number of aromatic nitrogens is 2. The van der Waals surface area contributed by atoms with E-state index in [1.165, 1.54) is 6.33 Å². The molecule has 0 aromatic carbocycles. The van der Waals surface area contributed by atoms with E-state index in [4.69, 9.17) is 10.6 Å². The van der Waals surface area contributed by atoms with E-state index < -0.39 is 0 Å². The summed E-state index contributed by atoms with van der Waals surface area (Å²) in [5.41, 5.74) is 3.50. The first-order valence-corrected chi connectivity index (χ1v) is 7.02. The van der Waals surface area contributed by atoms with Crippen molar-refractivity contribution in [3.8, 4) is 0 Å². The minimum Gasteiger partial charge on any atom is -0.383 e. The molecule has 0 saturated heterocycles. The van der Waals surface area contributed by atoms with Gasteiger partial charge in [-0.05, 0) is 6.42 Å². The maximum atomic E-state index is 11.6. The second kappa shape index (κ2) is 9.89. The van der Waals surface area contributed by atoms with Crippen molar-refractivity contribution in [3.05, 3.63) is 11.9 Å². The largest absolute Gasteiger partial charge is 0.383 e. The van der Waals surface area contributed by atoms with E-state index in [-0.39, 0.29) is 5.91 Å². The number of methoxy groups -OCH3 is 1. The molecule has 118 valence electrons. The number of hydrazine groups is 1. The molecular weight excluding hydrogens is 272 g/mol. The number of anilines is 2. The van der Waals surface area contributed by atoms with Crippen molar-refractivity contribution in [1.29, 1.82) is 0 Å². The van der Waals surface area contributed by atoms with Gasteiger partial charge in [0.1, 0.15) is 18.0 Å². The number of nitrogen functional groups attached to an aromatic ring is 1. The van der Waals surface area contributed by atoms with Gasteiger partial charge in [0, 0.05) is 32.2 Å². The predicted molar refractivity (Wildman–Crippen MR) is 81.8 cm³/mol. The van der Waals surface area contributed by atoms with E-state index in [1.54, 1.807) is 7.11 Å². The van der Waals surface area contributed by atoms with Crippen LogP contribution in [0.3, 0.4) is 0 Å². The molecule has 1 aromatic heterocycles. The summed E-state index contributed by atoms with van der Waals surface area (Å²) < 4.78 is 4.87. The zero-order chi connectivity index (χ0) is 15.5. The fourth-order valence-corrected chi connectivity index (χ4v) is 1.85. The van der Waals surface area contributed by atoms with Crippen LogP contribution in [0.4, 0.5) is 11.6 Å². The van der Waals surface area contributed by atoms with E-state index in [2.05, 4.69) is 33.0 Å². The highest BCUT2D eigenvalue weighted by atomic mass is 16.5. The summed E-state index contributed by atoms with van der Waals surface area (Å²) in [5.74, 6) is 6.75. The Hall–Kier alpha value is -1.93. The maximum absolute atomic E-state index is 11.6. The minimum absolute atomic E-state index is 0.0252. The van der Waals surface area contributed by atoms with Crippen molar-refractivity contribution >= 4 is 17.5 Å². The lowest BCUT2D eigenvalue weighted by Crippen LogP contribution is -2.28. The number of amides is 1. The number of hydrogen-bond acceptors (Lipinski definition) is 7. The first kappa shape index (κ1) is 17.1. The second-order valence-corrected chi connectivity index (χ2v) is 4.46. The molecule has 0 bridgehead atoms. The van der Waals surface area contributed by atoms with Gasteiger partial charge in [-0.3, -0.25) is 4.79 Å². The van der Waals surface area contributed by atoms with Crippen LogP contribution in [0, 0.1) is 0 Å².